The van der Waals surface area contributed by atoms with Crippen molar-refractivity contribution in [2.24, 2.45) is 7.05 Å². The van der Waals surface area contributed by atoms with Crippen molar-refractivity contribution in [3.8, 4) is 0 Å². The van der Waals surface area contributed by atoms with Crippen LogP contribution in [0.25, 0.3) is 10.9 Å². The number of aryl methyl sites for hydroxylation is 1. The molecule has 1 aromatic heterocycles. The fourth-order valence-corrected chi connectivity index (χ4v) is 3.08. The molecule has 8 heteroatoms. The summed E-state index contributed by atoms with van der Waals surface area (Å²) in [7, 11) is -2.93. The fraction of sp³-hybridized carbons (Fsp3) is 0.333. The highest BCUT2D eigenvalue weighted by Gasteiger charge is 2.39. The number of benzene rings is 1. The molecule has 20 heavy (non-hydrogen) atoms. The normalized spacial score (nSPS) is 20.0. The van der Waals surface area contributed by atoms with Gasteiger partial charge in [-0.3, -0.25) is 9.48 Å². The minimum Gasteiger partial charge on any atom is -0.311 e. The number of anilines is 1. The lowest BCUT2D eigenvalue weighted by Crippen LogP contribution is -2.26. The molecule has 1 fully saturated rings. The molecule has 1 aromatic carbocycles. The summed E-state index contributed by atoms with van der Waals surface area (Å²) in [4.78, 5) is 13.2. The molecule has 1 aliphatic rings. The fourth-order valence-electron chi connectivity index (χ4n) is 2.41. The van der Waals surface area contributed by atoms with Crippen molar-refractivity contribution in [1.29, 1.82) is 0 Å². The van der Waals surface area contributed by atoms with Crippen molar-refractivity contribution in [3.05, 3.63) is 24.4 Å². The number of hydrogen-bond donors (Lipinski definition) is 0. The molecular weight excluding hydrogens is 285 g/mol. The minimum absolute atomic E-state index is 0.152. The summed E-state index contributed by atoms with van der Waals surface area (Å²) in [6, 6.07) is 5.24. The summed E-state index contributed by atoms with van der Waals surface area (Å²) in [5, 5.41) is 3.73. The molecule has 1 aliphatic heterocycles. The van der Waals surface area contributed by atoms with Crippen LogP contribution in [0.2, 0.25) is 0 Å². The highest BCUT2D eigenvalue weighted by Crippen LogP contribution is 2.28. The zero-order valence-corrected chi connectivity index (χ0v) is 11.5. The molecule has 1 amide bonds. The Hall–Kier alpha value is -1.96. The van der Waals surface area contributed by atoms with Crippen molar-refractivity contribution in [1.82, 2.24) is 9.78 Å². The van der Waals surface area contributed by atoms with E-state index in [2.05, 4.69) is 5.10 Å². The molecule has 6 nitrogen and oxygen atoms in total. The van der Waals surface area contributed by atoms with Gasteiger partial charge in [0, 0.05) is 31.1 Å². The van der Waals surface area contributed by atoms with Gasteiger partial charge in [-0.2, -0.15) is 13.5 Å². The van der Waals surface area contributed by atoms with Gasteiger partial charge in [-0.05, 0) is 18.2 Å². The SMILES string of the molecule is Cn1ncc2ccc(N3CC(S(=O)(=O)F)CC3=O)cc21. The third-order valence-electron chi connectivity index (χ3n) is 3.53. The van der Waals surface area contributed by atoms with E-state index in [9.17, 15) is 17.1 Å². The van der Waals surface area contributed by atoms with Gasteiger partial charge in [-0.1, -0.05) is 0 Å². The van der Waals surface area contributed by atoms with Crippen LogP contribution in [0, 0.1) is 0 Å². The Kier molecular flexibility index (Phi) is 2.79. The van der Waals surface area contributed by atoms with Gasteiger partial charge in [-0.25, -0.2) is 0 Å². The Morgan fingerprint density at radius 1 is 1.40 bits per heavy atom. The highest BCUT2D eigenvalue weighted by atomic mass is 32.3. The van der Waals surface area contributed by atoms with Crippen molar-refractivity contribution < 1.29 is 17.1 Å². The molecule has 0 radical (unpaired) electrons. The van der Waals surface area contributed by atoms with Gasteiger partial charge in [0.2, 0.25) is 5.91 Å². The number of carbonyl (C=O) groups excluding carboxylic acids is 1. The lowest BCUT2D eigenvalue weighted by Gasteiger charge is -2.16. The first-order valence-corrected chi connectivity index (χ1v) is 7.46. The summed E-state index contributed by atoms with van der Waals surface area (Å²) < 4.78 is 36.5. The summed E-state index contributed by atoms with van der Waals surface area (Å²) >= 11 is 0. The first-order valence-electron chi connectivity index (χ1n) is 6.02. The Morgan fingerprint density at radius 2 is 2.15 bits per heavy atom. The Balaban J connectivity index is 1.99. The van der Waals surface area contributed by atoms with Gasteiger partial charge in [0.1, 0.15) is 5.25 Å². The Bertz CT molecular complexity index is 799. The molecule has 2 heterocycles. The quantitative estimate of drug-likeness (QED) is 0.775. The molecule has 3 rings (SSSR count). The van der Waals surface area contributed by atoms with Crippen LogP contribution < -0.4 is 4.90 Å². The van der Waals surface area contributed by atoms with Crippen LogP contribution >= 0.6 is 0 Å². The zero-order chi connectivity index (χ0) is 14.5. The van der Waals surface area contributed by atoms with E-state index < -0.39 is 21.4 Å². The van der Waals surface area contributed by atoms with Crippen LogP contribution in [0.15, 0.2) is 24.4 Å². The van der Waals surface area contributed by atoms with E-state index in [-0.39, 0.29) is 13.0 Å². The van der Waals surface area contributed by atoms with Gasteiger partial charge < -0.3 is 4.90 Å². The second-order valence-electron chi connectivity index (χ2n) is 4.82. The molecule has 1 unspecified atom stereocenters. The van der Waals surface area contributed by atoms with E-state index in [4.69, 9.17) is 0 Å². The molecule has 0 N–H and O–H groups in total. The number of amides is 1. The first kappa shape index (κ1) is 13.0. The topological polar surface area (TPSA) is 72.3 Å². The largest absolute Gasteiger partial charge is 0.311 e. The predicted molar refractivity (Wildman–Crippen MR) is 71.5 cm³/mol. The smallest absolute Gasteiger partial charge is 0.307 e. The monoisotopic (exact) mass is 297 g/mol. The minimum atomic E-state index is -4.70. The Morgan fingerprint density at radius 3 is 2.80 bits per heavy atom. The average molecular weight is 297 g/mol. The number of aromatic nitrogens is 2. The van der Waals surface area contributed by atoms with Crippen molar-refractivity contribution in [3.63, 3.8) is 0 Å². The molecule has 0 bridgehead atoms. The molecular formula is C12H12FN3O3S. The van der Waals surface area contributed by atoms with Crippen LogP contribution in [-0.4, -0.2) is 35.9 Å². The maximum atomic E-state index is 13.0. The van der Waals surface area contributed by atoms with Gasteiger partial charge in [0.05, 0.1) is 11.7 Å². The van der Waals surface area contributed by atoms with E-state index in [1.807, 2.05) is 0 Å². The van der Waals surface area contributed by atoms with Crippen LogP contribution in [0.3, 0.4) is 0 Å². The number of halogens is 1. The summed E-state index contributed by atoms with van der Waals surface area (Å²) in [6.45, 7) is -0.152. The van der Waals surface area contributed by atoms with Gasteiger partial charge in [0.25, 0.3) is 0 Å². The number of fused-ring (bicyclic) bond motifs is 1. The number of nitrogens with zero attached hydrogens (tertiary/aromatic N) is 3. The molecule has 1 atom stereocenters. The number of hydrogen-bond acceptors (Lipinski definition) is 4. The molecule has 1 saturated heterocycles. The maximum Gasteiger partial charge on any atom is 0.307 e. The second kappa shape index (κ2) is 4.27. The van der Waals surface area contributed by atoms with Crippen molar-refractivity contribution in [2.45, 2.75) is 11.7 Å². The Labute approximate surface area is 115 Å². The van der Waals surface area contributed by atoms with Gasteiger partial charge in [-0.15, -0.1) is 3.89 Å². The average Bonchev–Trinajstić information content (AvgIpc) is 2.93. The van der Waals surface area contributed by atoms with E-state index in [0.717, 1.165) is 10.9 Å². The second-order valence-corrected chi connectivity index (χ2v) is 6.44. The maximum absolute atomic E-state index is 13.0. The van der Waals surface area contributed by atoms with Crippen LogP contribution in [-0.2, 0) is 22.1 Å². The molecule has 106 valence electrons. The number of carbonyl (C=O) groups is 1. The summed E-state index contributed by atoms with van der Waals surface area (Å²) in [5.74, 6) is -0.391. The predicted octanol–water partition coefficient (Wildman–Crippen LogP) is 0.978. The van der Waals surface area contributed by atoms with Crippen LogP contribution in [0.1, 0.15) is 6.42 Å². The lowest BCUT2D eigenvalue weighted by molar-refractivity contribution is -0.117. The standard InChI is InChI=1S/C12H12FN3O3S/c1-15-11-4-9(3-2-8(11)6-14-15)16-7-10(5-12(16)17)20(13,18)19/h2-4,6,10H,5,7H2,1H3. The van der Waals surface area contributed by atoms with Crippen LogP contribution in [0.5, 0.6) is 0 Å². The van der Waals surface area contributed by atoms with E-state index in [1.54, 1.807) is 36.1 Å². The molecule has 2 aromatic rings. The highest BCUT2D eigenvalue weighted by molar-refractivity contribution is 7.87. The summed E-state index contributed by atoms with van der Waals surface area (Å²) in [6.07, 6.45) is 1.38. The third kappa shape index (κ3) is 2.05. The summed E-state index contributed by atoms with van der Waals surface area (Å²) in [5.41, 5.74) is 1.37. The lowest BCUT2D eigenvalue weighted by atomic mass is 10.2. The molecule has 0 spiro atoms. The zero-order valence-electron chi connectivity index (χ0n) is 10.7. The van der Waals surface area contributed by atoms with E-state index in [0.29, 0.717) is 5.69 Å². The van der Waals surface area contributed by atoms with Crippen molar-refractivity contribution in [2.75, 3.05) is 11.4 Å². The van der Waals surface area contributed by atoms with E-state index in [1.165, 1.54) is 4.90 Å². The van der Waals surface area contributed by atoms with E-state index >= 15 is 0 Å². The first-order chi connectivity index (χ1) is 9.36. The molecule has 0 saturated carbocycles. The third-order valence-corrected chi connectivity index (χ3v) is 4.64. The van der Waals surface area contributed by atoms with Gasteiger partial charge >= 0.3 is 10.2 Å². The van der Waals surface area contributed by atoms with Crippen LogP contribution in [0.4, 0.5) is 9.57 Å². The number of rotatable bonds is 2. The van der Waals surface area contributed by atoms with Crippen molar-refractivity contribution >= 4 is 32.7 Å². The van der Waals surface area contributed by atoms with Gasteiger partial charge in [0.15, 0.2) is 0 Å². The molecule has 0 aliphatic carbocycles.